The topological polar surface area (TPSA) is 0 Å². The SMILES string of the molecule is CCCCc1ccc(C2=CCc3cc(-c4ccc(CC)c(F)c4F)c(F)cc3C2)c(F)c1. The van der Waals surface area contributed by atoms with Crippen LogP contribution in [0.5, 0.6) is 0 Å². The van der Waals surface area contributed by atoms with E-state index in [1.54, 1.807) is 25.1 Å². The van der Waals surface area contributed by atoms with Gasteiger partial charge in [-0.2, -0.15) is 0 Å². The molecule has 0 saturated heterocycles. The second kappa shape index (κ2) is 9.32. The lowest BCUT2D eigenvalue weighted by atomic mass is 9.85. The molecule has 0 nitrogen and oxygen atoms in total. The highest BCUT2D eigenvalue weighted by Crippen LogP contribution is 2.35. The molecular formula is C28H26F4. The molecule has 0 radical (unpaired) electrons. The van der Waals surface area contributed by atoms with Crippen LogP contribution in [0.15, 0.2) is 48.5 Å². The molecule has 0 aromatic heterocycles. The summed E-state index contributed by atoms with van der Waals surface area (Å²) in [5.74, 6) is -2.83. The van der Waals surface area contributed by atoms with Crippen LogP contribution in [0.2, 0.25) is 0 Å². The third-order valence-electron chi connectivity index (χ3n) is 6.27. The molecule has 0 saturated carbocycles. The number of benzene rings is 3. The van der Waals surface area contributed by atoms with E-state index < -0.39 is 17.5 Å². The minimum atomic E-state index is -1.03. The van der Waals surface area contributed by atoms with Crippen LogP contribution < -0.4 is 0 Å². The average Bonchev–Trinajstić information content (AvgIpc) is 2.79. The molecule has 1 aliphatic rings. The van der Waals surface area contributed by atoms with Gasteiger partial charge in [-0.05, 0) is 78.1 Å². The third-order valence-corrected chi connectivity index (χ3v) is 6.27. The second-order valence-electron chi connectivity index (χ2n) is 8.38. The number of aryl methyl sites for hydroxylation is 2. The van der Waals surface area contributed by atoms with Crippen molar-refractivity contribution in [2.24, 2.45) is 0 Å². The number of fused-ring (bicyclic) bond motifs is 1. The van der Waals surface area contributed by atoms with Crippen molar-refractivity contribution in [2.75, 3.05) is 0 Å². The summed E-state index contributed by atoms with van der Waals surface area (Å²) >= 11 is 0. The van der Waals surface area contributed by atoms with E-state index in [1.807, 2.05) is 12.1 Å². The Bertz CT molecular complexity index is 1190. The molecule has 1 aliphatic carbocycles. The molecule has 4 rings (SSSR count). The Balaban J connectivity index is 1.64. The van der Waals surface area contributed by atoms with Crippen molar-refractivity contribution in [3.05, 3.63) is 99.6 Å². The molecule has 3 aromatic rings. The van der Waals surface area contributed by atoms with Gasteiger partial charge in [0.25, 0.3) is 0 Å². The van der Waals surface area contributed by atoms with E-state index in [9.17, 15) is 17.6 Å². The molecule has 0 N–H and O–H groups in total. The summed E-state index contributed by atoms with van der Waals surface area (Å²) in [5, 5.41) is 0. The van der Waals surface area contributed by atoms with Gasteiger partial charge in [-0.1, -0.05) is 50.6 Å². The molecule has 0 spiro atoms. The predicted molar refractivity (Wildman–Crippen MR) is 122 cm³/mol. The van der Waals surface area contributed by atoms with Crippen molar-refractivity contribution in [1.29, 1.82) is 0 Å². The molecule has 0 bridgehead atoms. The zero-order valence-electron chi connectivity index (χ0n) is 18.4. The number of hydrogen-bond donors (Lipinski definition) is 0. The van der Waals surface area contributed by atoms with Crippen molar-refractivity contribution in [3.63, 3.8) is 0 Å². The fourth-order valence-electron chi connectivity index (χ4n) is 4.36. The van der Waals surface area contributed by atoms with Crippen molar-refractivity contribution < 1.29 is 17.6 Å². The highest BCUT2D eigenvalue weighted by atomic mass is 19.2. The van der Waals surface area contributed by atoms with E-state index >= 15 is 0 Å². The summed E-state index contributed by atoms with van der Waals surface area (Å²) in [6, 6.07) is 11.2. The fourth-order valence-corrected chi connectivity index (χ4v) is 4.36. The van der Waals surface area contributed by atoms with Crippen LogP contribution in [-0.2, 0) is 25.7 Å². The van der Waals surface area contributed by atoms with Gasteiger partial charge in [0, 0.05) is 16.7 Å². The van der Waals surface area contributed by atoms with Gasteiger partial charge in [-0.3, -0.25) is 0 Å². The van der Waals surface area contributed by atoms with E-state index in [0.29, 0.717) is 24.8 Å². The Labute approximate surface area is 186 Å². The Kier molecular flexibility index (Phi) is 6.50. The maximum absolute atomic E-state index is 15.0. The van der Waals surface area contributed by atoms with Gasteiger partial charge < -0.3 is 0 Å². The summed E-state index contributed by atoms with van der Waals surface area (Å²) in [6.07, 6.45) is 6.08. The molecule has 32 heavy (non-hydrogen) atoms. The Morgan fingerprint density at radius 2 is 1.50 bits per heavy atom. The quantitative estimate of drug-likeness (QED) is 0.342. The first kappa shape index (κ1) is 22.3. The monoisotopic (exact) mass is 438 g/mol. The van der Waals surface area contributed by atoms with Gasteiger partial charge in [0.15, 0.2) is 11.6 Å². The molecule has 0 fully saturated rings. The van der Waals surface area contributed by atoms with Gasteiger partial charge in [0.05, 0.1) is 0 Å². The Morgan fingerprint density at radius 1 is 0.750 bits per heavy atom. The molecular weight excluding hydrogens is 412 g/mol. The zero-order valence-corrected chi connectivity index (χ0v) is 18.4. The number of rotatable bonds is 6. The first-order valence-corrected chi connectivity index (χ1v) is 11.2. The Hall–Kier alpha value is -2.88. The fraction of sp³-hybridized carbons (Fsp3) is 0.286. The number of halogens is 4. The van der Waals surface area contributed by atoms with Gasteiger partial charge in [-0.15, -0.1) is 0 Å². The summed E-state index contributed by atoms with van der Waals surface area (Å²) in [5.41, 5.74) is 4.13. The molecule has 3 aromatic carbocycles. The van der Waals surface area contributed by atoms with E-state index in [4.69, 9.17) is 0 Å². The van der Waals surface area contributed by atoms with Gasteiger partial charge in [-0.25, -0.2) is 17.6 Å². The van der Waals surface area contributed by atoms with E-state index in [0.717, 1.165) is 41.5 Å². The maximum Gasteiger partial charge on any atom is 0.167 e. The van der Waals surface area contributed by atoms with Crippen molar-refractivity contribution in [1.82, 2.24) is 0 Å². The molecule has 166 valence electrons. The van der Waals surface area contributed by atoms with Crippen molar-refractivity contribution in [3.8, 4) is 11.1 Å². The second-order valence-corrected chi connectivity index (χ2v) is 8.38. The van der Waals surface area contributed by atoms with E-state index in [1.165, 1.54) is 18.2 Å². The molecule has 4 heteroatoms. The van der Waals surface area contributed by atoms with Crippen LogP contribution in [-0.4, -0.2) is 0 Å². The van der Waals surface area contributed by atoms with E-state index in [-0.39, 0.29) is 22.5 Å². The van der Waals surface area contributed by atoms with Crippen LogP contribution in [0.1, 0.15) is 54.5 Å². The van der Waals surface area contributed by atoms with Gasteiger partial charge >= 0.3 is 0 Å². The van der Waals surface area contributed by atoms with E-state index in [2.05, 4.69) is 6.92 Å². The molecule has 0 heterocycles. The minimum Gasteiger partial charge on any atom is -0.206 e. The van der Waals surface area contributed by atoms with Crippen LogP contribution in [0.25, 0.3) is 16.7 Å². The highest BCUT2D eigenvalue weighted by Gasteiger charge is 2.21. The Morgan fingerprint density at radius 3 is 2.22 bits per heavy atom. The first-order valence-electron chi connectivity index (χ1n) is 11.2. The lowest BCUT2D eigenvalue weighted by Crippen LogP contribution is -2.06. The third kappa shape index (κ3) is 4.23. The number of allylic oxidation sites excluding steroid dienone is 2. The van der Waals surface area contributed by atoms with Gasteiger partial charge in [0.2, 0.25) is 0 Å². The van der Waals surface area contributed by atoms with Gasteiger partial charge in [0.1, 0.15) is 11.6 Å². The molecule has 0 unspecified atom stereocenters. The first-order chi connectivity index (χ1) is 15.4. The van der Waals surface area contributed by atoms with Crippen LogP contribution in [0, 0.1) is 23.3 Å². The minimum absolute atomic E-state index is 0.0473. The summed E-state index contributed by atoms with van der Waals surface area (Å²) < 4.78 is 58.5. The normalized spacial score (nSPS) is 13.1. The van der Waals surface area contributed by atoms with Crippen LogP contribution in [0.4, 0.5) is 17.6 Å². The number of unbranched alkanes of at least 4 members (excludes halogenated alkanes) is 1. The maximum atomic E-state index is 15.0. The highest BCUT2D eigenvalue weighted by molar-refractivity contribution is 5.74. The molecule has 0 aliphatic heterocycles. The lowest BCUT2D eigenvalue weighted by molar-refractivity contribution is 0.501. The predicted octanol–water partition coefficient (Wildman–Crippen LogP) is 8.00. The van der Waals surface area contributed by atoms with Crippen molar-refractivity contribution in [2.45, 2.75) is 52.4 Å². The van der Waals surface area contributed by atoms with Crippen LogP contribution >= 0.6 is 0 Å². The average molecular weight is 439 g/mol. The summed E-state index contributed by atoms with van der Waals surface area (Å²) in [4.78, 5) is 0. The molecule has 0 atom stereocenters. The summed E-state index contributed by atoms with van der Waals surface area (Å²) in [6.45, 7) is 3.84. The number of hydrogen-bond acceptors (Lipinski definition) is 0. The van der Waals surface area contributed by atoms with Crippen molar-refractivity contribution >= 4 is 5.57 Å². The largest absolute Gasteiger partial charge is 0.206 e. The summed E-state index contributed by atoms with van der Waals surface area (Å²) in [7, 11) is 0. The smallest absolute Gasteiger partial charge is 0.167 e. The lowest BCUT2D eigenvalue weighted by Gasteiger charge is -2.20. The standard InChI is InChI=1S/C28H26F4/c1-3-5-6-17-7-11-22(25(29)13-17)20-9-8-19-15-24(26(30)16-21(19)14-20)23-12-10-18(4-2)27(31)28(23)32/h7,9-13,15-16H,3-6,8,14H2,1-2H3. The van der Waals surface area contributed by atoms with Crippen LogP contribution in [0.3, 0.4) is 0 Å². The zero-order chi connectivity index (χ0) is 22.8. The molecule has 0 amide bonds.